The summed E-state index contributed by atoms with van der Waals surface area (Å²) >= 11 is 9.85. The van der Waals surface area contributed by atoms with Crippen LogP contribution in [-0.2, 0) is 4.52 Å². The molecular formula is CH4Cl2O2P+. The number of halogens is 2. The molecule has 0 saturated heterocycles. The van der Waals surface area contributed by atoms with E-state index in [0.717, 1.165) is 0 Å². The van der Waals surface area contributed by atoms with Crippen LogP contribution in [0.3, 0.4) is 0 Å². The van der Waals surface area contributed by atoms with Gasteiger partial charge in [-0.3, -0.25) is 0 Å². The molecule has 0 aromatic carbocycles. The monoisotopic (exact) mass is 151 g/mol. The van der Waals surface area contributed by atoms with E-state index in [1.165, 1.54) is 7.11 Å². The average Bonchev–Trinajstić information content (AvgIpc) is 1.35. The largest absolute Gasteiger partial charge is 0.475 e. The summed E-state index contributed by atoms with van der Waals surface area (Å²) in [6.07, 6.45) is -2.95. The maximum atomic E-state index is 8.25. The molecule has 0 bridgehead atoms. The predicted octanol–water partition coefficient (Wildman–Crippen LogP) is 1.78. The van der Waals surface area contributed by atoms with Crippen LogP contribution in [0.2, 0.25) is 0 Å². The van der Waals surface area contributed by atoms with Crippen molar-refractivity contribution in [1.82, 2.24) is 0 Å². The highest BCUT2D eigenvalue weighted by Crippen LogP contribution is 2.65. The molecule has 0 spiro atoms. The lowest BCUT2D eigenvalue weighted by molar-refractivity contribution is 0.399. The van der Waals surface area contributed by atoms with Gasteiger partial charge in [0.25, 0.3) is 0 Å². The summed E-state index contributed by atoms with van der Waals surface area (Å²) < 4.78 is 4.14. The van der Waals surface area contributed by atoms with Gasteiger partial charge in [0.1, 0.15) is 0 Å². The minimum absolute atomic E-state index is 1.24. The fraction of sp³-hybridized carbons (Fsp3) is 1.00. The van der Waals surface area contributed by atoms with Crippen LogP contribution in [-0.4, -0.2) is 12.0 Å². The van der Waals surface area contributed by atoms with Crippen LogP contribution < -0.4 is 0 Å². The second kappa shape index (κ2) is 2.29. The molecule has 0 aromatic rings. The minimum atomic E-state index is -2.95. The lowest BCUT2D eigenvalue weighted by Gasteiger charge is -1.90. The molecule has 0 aromatic heterocycles. The average molecular weight is 152 g/mol. The van der Waals surface area contributed by atoms with Crippen molar-refractivity contribution in [2.24, 2.45) is 0 Å². The third-order valence-corrected chi connectivity index (χ3v) is 1.49. The Morgan fingerprint density at radius 2 is 1.83 bits per heavy atom. The third-order valence-electron chi connectivity index (χ3n) is 0.220. The number of rotatable bonds is 1. The van der Waals surface area contributed by atoms with Gasteiger partial charge in [-0.05, 0) is 0 Å². The fourth-order valence-corrected chi connectivity index (χ4v) is 0. The van der Waals surface area contributed by atoms with Crippen molar-refractivity contribution in [2.75, 3.05) is 7.11 Å². The Labute approximate surface area is 46.1 Å². The van der Waals surface area contributed by atoms with Crippen LogP contribution >= 0.6 is 28.9 Å². The Balaban J connectivity index is 3.17. The van der Waals surface area contributed by atoms with Crippen molar-refractivity contribution in [3.8, 4) is 0 Å². The molecule has 0 unspecified atom stereocenters. The molecule has 38 valence electrons. The Morgan fingerprint density at radius 1 is 1.67 bits per heavy atom. The van der Waals surface area contributed by atoms with Gasteiger partial charge in [0, 0.05) is 0 Å². The molecule has 0 heterocycles. The van der Waals surface area contributed by atoms with Gasteiger partial charge in [0.15, 0.2) is 22.5 Å². The summed E-state index contributed by atoms with van der Waals surface area (Å²) in [6, 6.07) is 0. The van der Waals surface area contributed by atoms with E-state index in [9.17, 15) is 0 Å². The van der Waals surface area contributed by atoms with Crippen LogP contribution in [0.4, 0.5) is 0 Å². The van der Waals surface area contributed by atoms with Gasteiger partial charge in [-0.2, -0.15) is 9.42 Å². The maximum Gasteiger partial charge on any atom is 0.475 e. The van der Waals surface area contributed by atoms with Crippen LogP contribution in [0.15, 0.2) is 0 Å². The van der Waals surface area contributed by atoms with E-state index in [0.29, 0.717) is 0 Å². The van der Waals surface area contributed by atoms with E-state index in [-0.39, 0.29) is 0 Å². The number of hydrogen-bond donors (Lipinski definition) is 1. The van der Waals surface area contributed by atoms with E-state index >= 15 is 0 Å². The smallest absolute Gasteiger partial charge is 0.188 e. The highest BCUT2D eigenvalue weighted by Gasteiger charge is 2.31. The normalized spacial score (nSPS) is 12.0. The quantitative estimate of drug-likeness (QED) is 0.580. The van der Waals surface area contributed by atoms with Crippen molar-refractivity contribution in [1.29, 1.82) is 0 Å². The van der Waals surface area contributed by atoms with Gasteiger partial charge in [0.05, 0.1) is 7.11 Å². The molecule has 0 atom stereocenters. The zero-order chi connectivity index (χ0) is 5.21. The molecule has 0 aliphatic heterocycles. The molecule has 0 saturated carbocycles. The van der Waals surface area contributed by atoms with Crippen LogP contribution in [0.5, 0.6) is 0 Å². The van der Waals surface area contributed by atoms with E-state index in [2.05, 4.69) is 4.52 Å². The zero-order valence-corrected chi connectivity index (χ0v) is 5.46. The van der Waals surface area contributed by atoms with E-state index in [1.807, 2.05) is 0 Å². The molecule has 0 aliphatic carbocycles. The highest BCUT2D eigenvalue weighted by atomic mass is 35.9. The number of hydrogen-bond acceptors (Lipinski definition) is 2. The molecule has 0 amide bonds. The second-order valence-corrected chi connectivity index (χ2v) is 5.12. The topological polar surface area (TPSA) is 29.5 Å². The molecule has 0 aliphatic rings. The fourth-order valence-electron chi connectivity index (χ4n) is 0. The molecule has 1 N–H and O–H groups in total. The first kappa shape index (κ1) is 6.93. The van der Waals surface area contributed by atoms with Gasteiger partial charge in [0.2, 0.25) is 0 Å². The zero-order valence-electron chi connectivity index (χ0n) is 3.06. The summed E-state index contributed by atoms with van der Waals surface area (Å²) in [7, 11) is 1.24. The van der Waals surface area contributed by atoms with Gasteiger partial charge in [-0.25, -0.2) is 0 Å². The Kier molecular flexibility index (Phi) is 2.65. The summed E-state index contributed by atoms with van der Waals surface area (Å²) in [6.45, 7) is 0. The first-order valence-electron chi connectivity index (χ1n) is 1.13. The molecule has 0 rings (SSSR count). The Bertz CT molecular complexity index is 41.3. The first-order chi connectivity index (χ1) is 2.56. The van der Waals surface area contributed by atoms with E-state index < -0.39 is 6.42 Å². The van der Waals surface area contributed by atoms with Crippen LogP contribution in [0, 0.1) is 0 Å². The first-order valence-corrected chi connectivity index (χ1v) is 4.60. The molecule has 0 radical (unpaired) electrons. The van der Waals surface area contributed by atoms with Crippen LogP contribution in [0.1, 0.15) is 0 Å². The lowest BCUT2D eigenvalue weighted by atomic mass is 11.8. The third kappa shape index (κ3) is 4.93. The van der Waals surface area contributed by atoms with Crippen molar-refractivity contribution < 1.29 is 9.42 Å². The van der Waals surface area contributed by atoms with Gasteiger partial charge >= 0.3 is 6.42 Å². The summed E-state index contributed by atoms with van der Waals surface area (Å²) in [5.41, 5.74) is 0. The SMILES string of the molecule is C[17O][P+]([17OH])(Cl)Cl. The molecule has 2 nitrogen and oxygen atoms in total. The second-order valence-electron chi connectivity index (χ2n) is 0.617. The highest BCUT2D eigenvalue weighted by molar-refractivity contribution is 8.10. The van der Waals surface area contributed by atoms with Crippen molar-refractivity contribution in [2.45, 2.75) is 0 Å². The standard InChI is InChI=1S/CH4Cl2O2P/c1-5-6(2,3)4/h4H,1H3/q+1/i4+1,5+1. The van der Waals surface area contributed by atoms with Crippen molar-refractivity contribution >= 4 is 28.9 Å². The Morgan fingerprint density at radius 3 is 1.83 bits per heavy atom. The van der Waals surface area contributed by atoms with Gasteiger partial charge in [-0.15, -0.1) is 0 Å². The summed E-state index contributed by atoms with van der Waals surface area (Å²) in [5.74, 6) is 0. The van der Waals surface area contributed by atoms with Gasteiger partial charge in [-0.1, -0.05) is 0 Å². The minimum Gasteiger partial charge on any atom is -0.188 e. The van der Waals surface area contributed by atoms with E-state index in [1.54, 1.807) is 0 Å². The lowest BCUT2D eigenvalue weighted by Crippen LogP contribution is -1.71. The van der Waals surface area contributed by atoms with E-state index in [4.69, 9.17) is 27.4 Å². The maximum absolute atomic E-state index is 8.25. The van der Waals surface area contributed by atoms with Gasteiger partial charge < -0.3 is 0 Å². The van der Waals surface area contributed by atoms with Crippen LogP contribution in [0.25, 0.3) is 0 Å². The van der Waals surface area contributed by atoms with Crippen molar-refractivity contribution in [3.05, 3.63) is 0 Å². The molecule has 5 heteroatoms. The Hall–Kier alpha value is 0.930. The molecule has 6 heavy (non-hydrogen) atoms. The molecular weight excluding hydrogens is 148 g/mol. The predicted molar refractivity (Wildman–Crippen MR) is 27.9 cm³/mol. The van der Waals surface area contributed by atoms with Crippen molar-refractivity contribution in [3.63, 3.8) is 0 Å². The molecule has 0 fully saturated rings. The summed E-state index contributed by atoms with van der Waals surface area (Å²) in [4.78, 5) is 8.25. The summed E-state index contributed by atoms with van der Waals surface area (Å²) in [5, 5.41) is 0.